The van der Waals surface area contributed by atoms with E-state index >= 15 is 0 Å². The Labute approximate surface area is 108 Å². The second kappa shape index (κ2) is 6.53. The van der Waals surface area contributed by atoms with Crippen LogP contribution in [0.25, 0.3) is 0 Å². The Hall–Kier alpha value is -0.180. The van der Waals surface area contributed by atoms with E-state index in [-0.39, 0.29) is 0 Å². The minimum Gasteiger partial charge on any atom is -0.310 e. The fraction of sp³-hybridized carbons (Fsp3) is 0.538. The summed E-state index contributed by atoms with van der Waals surface area (Å²) in [5, 5.41) is 4.82. The van der Waals surface area contributed by atoms with Crippen LogP contribution in [0.1, 0.15) is 33.3 Å². The average molecular weight is 258 g/mol. The zero-order chi connectivity index (χ0) is 12.1. The molecule has 1 aromatic rings. The molecule has 3 heteroatoms. The van der Waals surface area contributed by atoms with Crippen molar-refractivity contribution in [3.63, 3.8) is 0 Å². The first kappa shape index (κ1) is 13.9. The molecule has 0 amide bonds. The highest BCUT2D eigenvalue weighted by Gasteiger charge is 2.04. The maximum absolute atomic E-state index is 6.24. The zero-order valence-electron chi connectivity index (χ0n) is 10.4. The zero-order valence-corrected chi connectivity index (χ0v) is 12.0. The molecule has 1 aromatic carbocycles. The van der Waals surface area contributed by atoms with Crippen molar-refractivity contribution in [2.24, 2.45) is 0 Å². The highest BCUT2D eigenvalue weighted by Crippen LogP contribution is 2.27. The van der Waals surface area contributed by atoms with Crippen LogP contribution in [-0.4, -0.2) is 11.3 Å². The van der Waals surface area contributed by atoms with Gasteiger partial charge in [-0.15, -0.1) is 11.8 Å². The van der Waals surface area contributed by atoms with Gasteiger partial charge < -0.3 is 5.32 Å². The van der Waals surface area contributed by atoms with Gasteiger partial charge in [-0.05, 0) is 17.7 Å². The van der Waals surface area contributed by atoms with Crippen molar-refractivity contribution in [1.29, 1.82) is 0 Å². The van der Waals surface area contributed by atoms with Gasteiger partial charge in [-0.3, -0.25) is 0 Å². The minimum absolute atomic E-state index is 0.487. The van der Waals surface area contributed by atoms with Crippen molar-refractivity contribution in [1.82, 2.24) is 5.32 Å². The van der Waals surface area contributed by atoms with Crippen LogP contribution in [0.3, 0.4) is 0 Å². The van der Waals surface area contributed by atoms with Crippen molar-refractivity contribution < 1.29 is 0 Å². The predicted octanol–water partition coefficient (Wildman–Crippen LogP) is 4.34. The molecule has 0 saturated carbocycles. The Morgan fingerprint density at radius 3 is 2.44 bits per heavy atom. The Kier molecular flexibility index (Phi) is 5.67. The van der Waals surface area contributed by atoms with Crippen LogP contribution in [-0.2, 0) is 6.54 Å². The molecule has 16 heavy (non-hydrogen) atoms. The molecule has 1 nitrogen and oxygen atoms in total. The molecule has 0 fully saturated rings. The van der Waals surface area contributed by atoms with Gasteiger partial charge in [-0.25, -0.2) is 0 Å². The summed E-state index contributed by atoms with van der Waals surface area (Å²) in [6, 6.07) is 6.81. The van der Waals surface area contributed by atoms with Gasteiger partial charge in [0.25, 0.3) is 0 Å². The van der Waals surface area contributed by atoms with Gasteiger partial charge in [0.2, 0.25) is 0 Å². The molecule has 1 rings (SSSR count). The molecule has 0 bridgehead atoms. The third kappa shape index (κ3) is 4.77. The molecular weight excluding hydrogens is 238 g/mol. The first-order chi connectivity index (χ1) is 7.49. The van der Waals surface area contributed by atoms with Gasteiger partial charge in [0.1, 0.15) is 0 Å². The van der Waals surface area contributed by atoms with Crippen molar-refractivity contribution in [2.75, 3.05) is 0 Å². The lowest BCUT2D eigenvalue weighted by atomic mass is 10.2. The number of rotatable bonds is 5. The molecule has 0 saturated heterocycles. The standard InChI is InChI=1S/C13H20ClNS/c1-9(2)15-8-11-5-6-12(7-13(11)14)16-10(3)4/h5-7,9-10,15H,8H2,1-4H3. The van der Waals surface area contributed by atoms with E-state index in [9.17, 15) is 0 Å². The van der Waals surface area contributed by atoms with E-state index in [0.717, 1.165) is 11.6 Å². The van der Waals surface area contributed by atoms with Crippen molar-refractivity contribution in [3.8, 4) is 0 Å². The summed E-state index contributed by atoms with van der Waals surface area (Å²) in [6.45, 7) is 9.48. The number of halogens is 1. The predicted molar refractivity (Wildman–Crippen MR) is 74.4 cm³/mol. The van der Waals surface area contributed by atoms with Crippen LogP contribution in [0.4, 0.5) is 0 Å². The molecule has 0 atom stereocenters. The largest absolute Gasteiger partial charge is 0.310 e. The van der Waals surface area contributed by atoms with Gasteiger partial charge in [0.05, 0.1) is 0 Å². The molecule has 90 valence electrons. The highest BCUT2D eigenvalue weighted by molar-refractivity contribution is 7.99. The molecule has 0 aliphatic carbocycles. The van der Waals surface area contributed by atoms with E-state index in [4.69, 9.17) is 11.6 Å². The normalized spacial score (nSPS) is 11.4. The Balaban J connectivity index is 2.67. The number of hydrogen-bond acceptors (Lipinski definition) is 2. The SMILES string of the molecule is CC(C)NCc1ccc(SC(C)C)cc1Cl. The van der Waals surface area contributed by atoms with Crippen molar-refractivity contribution in [2.45, 2.75) is 50.4 Å². The van der Waals surface area contributed by atoms with E-state index < -0.39 is 0 Å². The van der Waals surface area contributed by atoms with E-state index in [0.29, 0.717) is 11.3 Å². The summed E-state index contributed by atoms with van der Waals surface area (Å²) in [7, 11) is 0. The lowest BCUT2D eigenvalue weighted by Gasteiger charge is -2.11. The monoisotopic (exact) mass is 257 g/mol. The van der Waals surface area contributed by atoms with Crippen LogP contribution in [0.2, 0.25) is 5.02 Å². The summed E-state index contributed by atoms with van der Waals surface area (Å²) in [5.41, 5.74) is 1.17. The van der Waals surface area contributed by atoms with Crippen LogP contribution >= 0.6 is 23.4 Å². The quantitative estimate of drug-likeness (QED) is 0.788. The topological polar surface area (TPSA) is 12.0 Å². The summed E-state index contributed by atoms with van der Waals surface area (Å²) < 4.78 is 0. The van der Waals surface area contributed by atoms with Crippen LogP contribution in [0, 0.1) is 0 Å². The van der Waals surface area contributed by atoms with Crippen LogP contribution in [0.15, 0.2) is 23.1 Å². The number of thioether (sulfide) groups is 1. The first-order valence-corrected chi connectivity index (χ1v) is 6.93. The Morgan fingerprint density at radius 1 is 1.25 bits per heavy atom. The second-order valence-electron chi connectivity index (χ2n) is 4.46. The fourth-order valence-electron chi connectivity index (χ4n) is 1.33. The Bertz CT molecular complexity index is 337. The molecule has 0 radical (unpaired) electrons. The lowest BCUT2D eigenvalue weighted by Crippen LogP contribution is -2.21. The van der Waals surface area contributed by atoms with E-state index in [1.807, 2.05) is 11.8 Å². The maximum Gasteiger partial charge on any atom is 0.0462 e. The maximum atomic E-state index is 6.24. The summed E-state index contributed by atoms with van der Waals surface area (Å²) >= 11 is 8.08. The van der Waals surface area contributed by atoms with E-state index in [1.165, 1.54) is 10.5 Å². The fourth-order valence-corrected chi connectivity index (χ4v) is 2.52. The van der Waals surface area contributed by atoms with Gasteiger partial charge in [-0.2, -0.15) is 0 Å². The number of hydrogen-bond donors (Lipinski definition) is 1. The van der Waals surface area contributed by atoms with Gasteiger partial charge in [-0.1, -0.05) is 45.4 Å². The molecule has 0 aromatic heterocycles. The minimum atomic E-state index is 0.487. The van der Waals surface area contributed by atoms with Crippen molar-refractivity contribution in [3.05, 3.63) is 28.8 Å². The summed E-state index contributed by atoms with van der Waals surface area (Å²) in [4.78, 5) is 1.24. The van der Waals surface area contributed by atoms with Crippen LogP contribution in [0.5, 0.6) is 0 Å². The lowest BCUT2D eigenvalue weighted by molar-refractivity contribution is 0.589. The highest BCUT2D eigenvalue weighted by atomic mass is 35.5. The average Bonchev–Trinajstić information content (AvgIpc) is 2.15. The van der Waals surface area contributed by atoms with E-state index in [1.54, 1.807) is 0 Å². The van der Waals surface area contributed by atoms with Gasteiger partial charge in [0.15, 0.2) is 0 Å². The molecule has 0 unspecified atom stereocenters. The smallest absolute Gasteiger partial charge is 0.0462 e. The molecule has 0 aliphatic rings. The summed E-state index contributed by atoms with van der Waals surface area (Å²) in [6.07, 6.45) is 0. The van der Waals surface area contributed by atoms with Crippen molar-refractivity contribution >= 4 is 23.4 Å². The summed E-state index contributed by atoms with van der Waals surface area (Å²) in [5.74, 6) is 0. The third-order valence-corrected chi connectivity index (χ3v) is 3.45. The third-order valence-electron chi connectivity index (χ3n) is 2.10. The molecule has 1 N–H and O–H groups in total. The number of nitrogens with one attached hydrogen (secondary N) is 1. The molecule has 0 spiro atoms. The Morgan fingerprint density at radius 2 is 1.94 bits per heavy atom. The van der Waals surface area contributed by atoms with Gasteiger partial charge in [0, 0.05) is 27.8 Å². The van der Waals surface area contributed by atoms with E-state index in [2.05, 4.69) is 51.2 Å². The second-order valence-corrected chi connectivity index (χ2v) is 6.51. The molecule has 0 heterocycles. The molecule has 0 aliphatic heterocycles. The number of benzene rings is 1. The first-order valence-electron chi connectivity index (χ1n) is 5.67. The molecular formula is C13H20ClNS. The van der Waals surface area contributed by atoms with Crippen LogP contribution < -0.4 is 5.32 Å². The van der Waals surface area contributed by atoms with Gasteiger partial charge >= 0.3 is 0 Å².